The summed E-state index contributed by atoms with van der Waals surface area (Å²) in [6.45, 7) is 0. The predicted octanol–water partition coefficient (Wildman–Crippen LogP) is 3.62. The Morgan fingerprint density at radius 2 is 1.97 bits per heavy atom. The summed E-state index contributed by atoms with van der Waals surface area (Å²) in [5, 5.41) is 8.79. The van der Waals surface area contributed by atoms with Crippen LogP contribution < -0.4 is 20.9 Å². The number of rotatable bonds is 5. The molecule has 0 saturated carbocycles. The molecule has 3 aromatic heterocycles. The van der Waals surface area contributed by atoms with Crippen molar-refractivity contribution in [2.75, 3.05) is 12.4 Å². The van der Waals surface area contributed by atoms with Crippen LogP contribution in [0.15, 0.2) is 35.0 Å². The van der Waals surface area contributed by atoms with Crippen LogP contribution in [-0.2, 0) is 6.18 Å². The number of aromatic nitrogens is 4. The van der Waals surface area contributed by atoms with Crippen LogP contribution in [0.4, 0.5) is 24.8 Å². The molecule has 13 heteroatoms. The summed E-state index contributed by atoms with van der Waals surface area (Å²) in [5.41, 5.74) is 6.18. The van der Waals surface area contributed by atoms with E-state index in [9.17, 15) is 13.2 Å². The number of methoxy groups -OCH3 is 1. The van der Waals surface area contributed by atoms with Crippen molar-refractivity contribution in [2.45, 2.75) is 6.18 Å². The number of pyridine rings is 2. The molecule has 0 bridgehead atoms. The highest BCUT2D eigenvalue weighted by molar-refractivity contribution is 8.02. The summed E-state index contributed by atoms with van der Waals surface area (Å²) in [4.78, 5) is 16.0. The second-order valence-electron chi connectivity index (χ2n) is 5.47. The summed E-state index contributed by atoms with van der Waals surface area (Å²) in [7, 11) is 1.09. The molecule has 0 aliphatic carbocycles. The number of nitrogens with one attached hydrogen (secondary N) is 1. The standard InChI is InChI=1S/C16H13ClF3N7OS/c1-28-14-8(16(18,19)20)6-24-15(27-14)26-9-4-5-23-13-7(9)2-3-10(25-13)11(21)12(17)29-22/h2-6H,21-22H2,1H3,(H,23,24,25,26,27)/b12-11-. The van der Waals surface area contributed by atoms with E-state index in [4.69, 9.17) is 27.2 Å². The molecule has 5 N–H and O–H groups in total. The van der Waals surface area contributed by atoms with Crippen LogP contribution in [0.25, 0.3) is 16.7 Å². The van der Waals surface area contributed by atoms with Crippen molar-refractivity contribution in [2.24, 2.45) is 10.9 Å². The Balaban J connectivity index is 1.99. The van der Waals surface area contributed by atoms with Crippen LogP contribution in [0.5, 0.6) is 5.88 Å². The fourth-order valence-electron chi connectivity index (χ4n) is 2.35. The first-order valence-electron chi connectivity index (χ1n) is 7.78. The number of hydrogen-bond donors (Lipinski definition) is 3. The maximum atomic E-state index is 13.0. The third kappa shape index (κ3) is 4.44. The number of halogens is 4. The molecular formula is C16H13ClF3N7OS. The van der Waals surface area contributed by atoms with Gasteiger partial charge in [-0.3, -0.25) is 5.14 Å². The quantitative estimate of drug-likeness (QED) is 0.507. The average molecular weight is 444 g/mol. The number of fused-ring (bicyclic) bond motifs is 1. The molecule has 0 saturated heterocycles. The van der Waals surface area contributed by atoms with E-state index in [0.29, 0.717) is 28.6 Å². The number of ether oxygens (including phenoxy) is 1. The molecule has 0 aliphatic rings. The first kappa shape index (κ1) is 20.9. The number of anilines is 2. The molecule has 0 atom stereocenters. The van der Waals surface area contributed by atoms with Gasteiger partial charge < -0.3 is 15.8 Å². The van der Waals surface area contributed by atoms with Gasteiger partial charge in [0.05, 0.1) is 24.2 Å². The van der Waals surface area contributed by atoms with Gasteiger partial charge in [-0.2, -0.15) is 18.2 Å². The van der Waals surface area contributed by atoms with Gasteiger partial charge in [0, 0.05) is 17.8 Å². The van der Waals surface area contributed by atoms with Gasteiger partial charge in [0.15, 0.2) is 5.65 Å². The average Bonchev–Trinajstić information content (AvgIpc) is 2.71. The minimum absolute atomic E-state index is 0.0894. The Bertz CT molecular complexity index is 1090. The first-order chi connectivity index (χ1) is 13.7. The second-order valence-corrected chi connectivity index (χ2v) is 6.72. The van der Waals surface area contributed by atoms with Gasteiger partial charge in [-0.05, 0) is 30.1 Å². The van der Waals surface area contributed by atoms with E-state index in [1.54, 1.807) is 18.2 Å². The van der Waals surface area contributed by atoms with E-state index in [-0.39, 0.29) is 16.0 Å². The van der Waals surface area contributed by atoms with Crippen molar-refractivity contribution >= 4 is 51.9 Å². The highest BCUT2D eigenvalue weighted by atomic mass is 35.5. The van der Waals surface area contributed by atoms with Crippen molar-refractivity contribution in [3.63, 3.8) is 0 Å². The minimum atomic E-state index is -4.63. The zero-order chi connectivity index (χ0) is 21.2. The molecule has 3 rings (SSSR count). The fraction of sp³-hybridized carbons (Fsp3) is 0.125. The van der Waals surface area contributed by atoms with Gasteiger partial charge in [0.2, 0.25) is 11.8 Å². The summed E-state index contributed by atoms with van der Waals surface area (Å²) in [5.74, 6) is -0.686. The lowest BCUT2D eigenvalue weighted by Gasteiger charge is -2.13. The third-order valence-corrected chi connectivity index (χ3v) is 4.59. The zero-order valence-electron chi connectivity index (χ0n) is 14.7. The predicted molar refractivity (Wildman–Crippen MR) is 105 cm³/mol. The maximum Gasteiger partial charge on any atom is 0.423 e. The van der Waals surface area contributed by atoms with Crippen LogP contribution in [0.1, 0.15) is 11.3 Å². The van der Waals surface area contributed by atoms with E-state index in [1.807, 2.05) is 0 Å². The second kappa shape index (κ2) is 8.27. The van der Waals surface area contributed by atoms with E-state index in [2.05, 4.69) is 25.3 Å². The van der Waals surface area contributed by atoms with Gasteiger partial charge >= 0.3 is 6.18 Å². The number of hydrogen-bond acceptors (Lipinski definition) is 9. The molecule has 3 heterocycles. The van der Waals surface area contributed by atoms with Gasteiger partial charge in [-0.1, -0.05) is 11.6 Å². The molecule has 0 amide bonds. The minimum Gasteiger partial charge on any atom is -0.480 e. The monoisotopic (exact) mass is 443 g/mol. The molecule has 8 nitrogen and oxygen atoms in total. The van der Waals surface area contributed by atoms with Crippen LogP contribution in [0.2, 0.25) is 0 Å². The summed E-state index contributed by atoms with van der Waals surface area (Å²) in [6, 6.07) is 4.88. The van der Waals surface area contributed by atoms with Gasteiger partial charge in [0.25, 0.3) is 0 Å². The van der Waals surface area contributed by atoms with Crippen LogP contribution in [0, 0.1) is 0 Å². The molecule has 0 spiro atoms. The van der Waals surface area contributed by atoms with Gasteiger partial charge in [-0.15, -0.1) is 0 Å². The number of alkyl halides is 3. The SMILES string of the molecule is COc1nc(Nc2ccnc3nc(/C(N)=C(\Cl)SN)ccc23)ncc1C(F)(F)F. The summed E-state index contributed by atoms with van der Waals surface area (Å²) >= 11 is 6.71. The molecule has 152 valence electrons. The Labute approximate surface area is 171 Å². The van der Waals surface area contributed by atoms with Crippen LogP contribution in [0.3, 0.4) is 0 Å². The molecule has 3 aromatic rings. The zero-order valence-corrected chi connectivity index (χ0v) is 16.2. The highest BCUT2D eigenvalue weighted by Crippen LogP contribution is 2.35. The van der Waals surface area contributed by atoms with Crippen molar-refractivity contribution in [1.29, 1.82) is 0 Å². The Hall–Kier alpha value is -2.83. The molecule has 29 heavy (non-hydrogen) atoms. The maximum absolute atomic E-state index is 13.0. The Kier molecular flexibility index (Phi) is 5.96. The summed E-state index contributed by atoms with van der Waals surface area (Å²) < 4.78 is 43.8. The highest BCUT2D eigenvalue weighted by Gasteiger charge is 2.36. The topological polar surface area (TPSA) is 125 Å². The third-order valence-electron chi connectivity index (χ3n) is 3.69. The first-order valence-corrected chi connectivity index (χ1v) is 9.03. The number of nitrogens with two attached hydrogens (primary N) is 2. The molecule has 0 aromatic carbocycles. The fourth-order valence-corrected chi connectivity index (χ4v) is 2.68. The van der Waals surface area contributed by atoms with E-state index >= 15 is 0 Å². The number of nitrogens with zero attached hydrogens (tertiary/aromatic N) is 4. The lowest BCUT2D eigenvalue weighted by Crippen LogP contribution is -2.11. The largest absolute Gasteiger partial charge is 0.480 e. The van der Waals surface area contributed by atoms with Crippen molar-refractivity contribution < 1.29 is 17.9 Å². The Morgan fingerprint density at radius 3 is 2.62 bits per heavy atom. The lowest BCUT2D eigenvalue weighted by molar-refractivity contribution is -0.139. The van der Waals surface area contributed by atoms with Crippen LogP contribution >= 0.6 is 23.5 Å². The van der Waals surface area contributed by atoms with E-state index in [0.717, 1.165) is 19.1 Å². The molecular weight excluding hydrogens is 431 g/mol. The molecule has 0 fully saturated rings. The van der Waals surface area contributed by atoms with Gasteiger partial charge in [0.1, 0.15) is 9.93 Å². The molecule has 0 radical (unpaired) electrons. The van der Waals surface area contributed by atoms with Crippen molar-refractivity contribution in [3.8, 4) is 5.88 Å². The van der Waals surface area contributed by atoms with E-state index in [1.165, 1.54) is 6.20 Å². The Morgan fingerprint density at radius 1 is 1.21 bits per heavy atom. The smallest absolute Gasteiger partial charge is 0.423 e. The van der Waals surface area contributed by atoms with Gasteiger partial charge in [-0.25, -0.2) is 15.0 Å². The van der Waals surface area contributed by atoms with Crippen LogP contribution in [-0.4, -0.2) is 27.0 Å². The molecule has 0 aliphatic heterocycles. The van der Waals surface area contributed by atoms with Crippen molar-refractivity contribution in [3.05, 3.63) is 46.2 Å². The van der Waals surface area contributed by atoms with Crippen molar-refractivity contribution in [1.82, 2.24) is 19.9 Å². The van der Waals surface area contributed by atoms with E-state index < -0.39 is 17.6 Å². The lowest BCUT2D eigenvalue weighted by atomic mass is 10.2. The molecule has 0 unspecified atom stereocenters. The summed E-state index contributed by atoms with van der Waals surface area (Å²) in [6.07, 6.45) is -2.53. The normalized spacial score (nSPS) is 12.6.